The third-order valence-corrected chi connectivity index (χ3v) is 4.78. The van der Waals surface area contributed by atoms with E-state index in [1.807, 2.05) is 6.07 Å². The van der Waals surface area contributed by atoms with Gasteiger partial charge in [-0.05, 0) is 59.1 Å². The molecule has 1 aromatic rings. The van der Waals surface area contributed by atoms with Gasteiger partial charge in [-0.2, -0.15) is 10.4 Å². The maximum atomic E-state index is 13.3. The summed E-state index contributed by atoms with van der Waals surface area (Å²) in [5.41, 5.74) is -0.267. The zero-order valence-corrected chi connectivity index (χ0v) is 16.2. The van der Waals surface area contributed by atoms with Crippen molar-refractivity contribution in [3.8, 4) is 6.07 Å². The number of nitriles is 1. The minimum atomic E-state index is -0.652. The van der Waals surface area contributed by atoms with Crippen molar-refractivity contribution in [1.29, 1.82) is 5.26 Å². The van der Waals surface area contributed by atoms with Crippen molar-refractivity contribution in [3.63, 3.8) is 0 Å². The fraction of sp³-hybridized carbons (Fsp3) is 0.643. The first-order valence-corrected chi connectivity index (χ1v) is 8.65. The Morgan fingerprint density at radius 2 is 2.17 bits per heavy atom. The van der Waals surface area contributed by atoms with Crippen LogP contribution in [-0.4, -0.2) is 45.6 Å². The van der Waals surface area contributed by atoms with Crippen LogP contribution in [0.2, 0.25) is 0 Å². The summed E-state index contributed by atoms with van der Waals surface area (Å²) in [5.74, 6) is 0. The molecule has 0 aromatic carbocycles. The van der Waals surface area contributed by atoms with Gasteiger partial charge in [-0.15, -0.1) is 0 Å². The van der Waals surface area contributed by atoms with Crippen LogP contribution in [0.5, 0.6) is 0 Å². The average molecular weight is 452 g/mol. The number of aromatic nitrogens is 2. The molecule has 0 N–H and O–H groups in total. The number of nitrogens with zero attached hydrogens (tertiary/aromatic N) is 4. The minimum absolute atomic E-state index is 0.226. The number of alkyl halides is 1. The molecule has 0 aliphatic carbocycles. The number of rotatable bonds is 2. The Balaban J connectivity index is 2.22. The zero-order chi connectivity index (χ0) is 17.4. The average Bonchev–Trinajstić information content (AvgIpc) is 2.98. The second-order valence-electron chi connectivity index (χ2n) is 6.34. The van der Waals surface area contributed by atoms with Crippen LogP contribution in [-0.2, 0) is 4.74 Å². The van der Waals surface area contributed by atoms with Gasteiger partial charge in [-0.1, -0.05) is 0 Å². The first kappa shape index (κ1) is 18.2. The van der Waals surface area contributed by atoms with E-state index in [0.717, 1.165) is 0 Å². The maximum absolute atomic E-state index is 13.3. The molecular formula is C14H17Br2FN4O2. The monoisotopic (exact) mass is 450 g/mol. The molecule has 0 saturated carbocycles. The molecule has 2 unspecified atom stereocenters. The lowest BCUT2D eigenvalue weighted by atomic mass is 10.2. The number of hydrogen-bond acceptors (Lipinski definition) is 4. The SMILES string of the molecule is CC(C)(C)OC(=O)N1CC(n2nc(Br)c(C#N)c2Br)CC1CF. The Morgan fingerprint density at radius 1 is 1.52 bits per heavy atom. The second kappa shape index (κ2) is 6.77. The third kappa shape index (κ3) is 3.86. The molecule has 0 bridgehead atoms. The summed E-state index contributed by atoms with van der Waals surface area (Å²) in [4.78, 5) is 13.6. The number of halogens is 3. The first-order valence-electron chi connectivity index (χ1n) is 7.07. The van der Waals surface area contributed by atoms with E-state index in [-0.39, 0.29) is 12.6 Å². The molecule has 0 radical (unpaired) electrons. The summed E-state index contributed by atoms with van der Waals surface area (Å²) in [6.45, 7) is 4.93. The van der Waals surface area contributed by atoms with E-state index in [9.17, 15) is 9.18 Å². The fourth-order valence-electron chi connectivity index (χ4n) is 2.48. The van der Waals surface area contributed by atoms with Crippen LogP contribution in [0.3, 0.4) is 0 Å². The summed E-state index contributed by atoms with van der Waals surface area (Å²) in [5, 5.41) is 13.4. The molecule has 23 heavy (non-hydrogen) atoms. The van der Waals surface area contributed by atoms with Crippen LogP contribution >= 0.6 is 31.9 Å². The predicted molar refractivity (Wildman–Crippen MR) is 88.7 cm³/mol. The van der Waals surface area contributed by atoms with Gasteiger partial charge in [0.1, 0.15) is 33.1 Å². The van der Waals surface area contributed by atoms with Gasteiger partial charge >= 0.3 is 6.09 Å². The highest BCUT2D eigenvalue weighted by Gasteiger charge is 2.39. The number of ether oxygens (including phenoxy) is 1. The highest BCUT2D eigenvalue weighted by molar-refractivity contribution is 9.11. The molecule has 6 nitrogen and oxygen atoms in total. The molecule has 0 spiro atoms. The van der Waals surface area contributed by atoms with E-state index in [2.05, 4.69) is 37.0 Å². The van der Waals surface area contributed by atoms with Crippen molar-refractivity contribution < 1.29 is 13.9 Å². The number of amides is 1. The van der Waals surface area contributed by atoms with Gasteiger partial charge in [0.2, 0.25) is 0 Å². The highest BCUT2D eigenvalue weighted by Crippen LogP contribution is 2.34. The third-order valence-electron chi connectivity index (χ3n) is 3.47. The molecule has 1 aromatic heterocycles. The number of likely N-dealkylation sites (tertiary alicyclic amines) is 1. The largest absolute Gasteiger partial charge is 0.444 e. The normalized spacial score (nSPS) is 21.3. The van der Waals surface area contributed by atoms with E-state index in [4.69, 9.17) is 10.00 Å². The van der Waals surface area contributed by atoms with Crippen LogP contribution in [0.15, 0.2) is 9.21 Å². The topological polar surface area (TPSA) is 71.2 Å². The van der Waals surface area contributed by atoms with E-state index in [1.165, 1.54) is 4.90 Å². The Labute approximate surface area is 150 Å². The first-order chi connectivity index (χ1) is 10.7. The Morgan fingerprint density at radius 3 is 2.65 bits per heavy atom. The second-order valence-corrected chi connectivity index (χ2v) is 7.85. The van der Waals surface area contributed by atoms with Crippen LogP contribution in [0.25, 0.3) is 0 Å². The van der Waals surface area contributed by atoms with Crippen molar-refractivity contribution in [1.82, 2.24) is 14.7 Å². The van der Waals surface area contributed by atoms with E-state index < -0.39 is 24.4 Å². The van der Waals surface area contributed by atoms with Crippen LogP contribution in [0.4, 0.5) is 9.18 Å². The quantitative estimate of drug-likeness (QED) is 0.685. The number of carbonyl (C=O) groups is 1. The molecule has 2 rings (SSSR count). The van der Waals surface area contributed by atoms with Crippen LogP contribution in [0.1, 0.15) is 38.8 Å². The van der Waals surface area contributed by atoms with Gasteiger partial charge in [-0.3, -0.25) is 4.68 Å². The van der Waals surface area contributed by atoms with Gasteiger partial charge in [0.25, 0.3) is 0 Å². The van der Waals surface area contributed by atoms with Crippen molar-refractivity contribution in [2.45, 2.75) is 44.9 Å². The van der Waals surface area contributed by atoms with Gasteiger partial charge in [0.15, 0.2) is 0 Å². The van der Waals surface area contributed by atoms with Gasteiger partial charge in [-0.25, -0.2) is 9.18 Å². The summed E-state index contributed by atoms with van der Waals surface area (Å²) in [7, 11) is 0. The lowest BCUT2D eigenvalue weighted by Crippen LogP contribution is -2.40. The van der Waals surface area contributed by atoms with Crippen LogP contribution < -0.4 is 0 Å². The van der Waals surface area contributed by atoms with E-state index >= 15 is 0 Å². The Bertz CT molecular complexity index is 650. The molecule has 1 fully saturated rings. The predicted octanol–water partition coefficient (Wildman–Crippen LogP) is 3.80. The highest BCUT2D eigenvalue weighted by atomic mass is 79.9. The van der Waals surface area contributed by atoms with Gasteiger partial charge < -0.3 is 9.64 Å². The van der Waals surface area contributed by atoms with Crippen molar-refractivity contribution >= 4 is 38.0 Å². The van der Waals surface area contributed by atoms with Crippen molar-refractivity contribution in [2.75, 3.05) is 13.2 Å². The molecule has 2 heterocycles. The van der Waals surface area contributed by atoms with Gasteiger partial charge in [0.05, 0.1) is 12.1 Å². The molecule has 1 saturated heterocycles. The molecule has 1 amide bonds. The van der Waals surface area contributed by atoms with E-state index in [1.54, 1.807) is 25.5 Å². The fourth-order valence-corrected chi connectivity index (χ4v) is 3.84. The van der Waals surface area contributed by atoms with Crippen molar-refractivity contribution in [3.05, 3.63) is 14.8 Å². The summed E-state index contributed by atoms with van der Waals surface area (Å²) in [6.07, 6.45) is -0.127. The maximum Gasteiger partial charge on any atom is 0.410 e. The lowest BCUT2D eigenvalue weighted by molar-refractivity contribution is 0.0203. The van der Waals surface area contributed by atoms with Gasteiger partial charge in [0, 0.05) is 6.54 Å². The standard InChI is InChI=1S/C14H17Br2FN4O2/c1-14(2,3)23-13(22)20-7-9(4-8(20)5-17)21-12(16)10(6-18)11(15)19-21/h8-9H,4-5,7H2,1-3H3. The minimum Gasteiger partial charge on any atom is -0.444 e. The molecule has 2 atom stereocenters. The Hall–Kier alpha value is -1.14. The van der Waals surface area contributed by atoms with Crippen LogP contribution in [0, 0.1) is 11.3 Å². The lowest BCUT2D eigenvalue weighted by Gasteiger charge is -2.27. The summed E-state index contributed by atoms with van der Waals surface area (Å²) < 4.78 is 21.2. The summed E-state index contributed by atoms with van der Waals surface area (Å²) in [6, 6.07) is 1.26. The number of hydrogen-bond donors (Lipinski definition) is 0. The molecular weight excluding hydrogens is 435 g/mol. The smallest absolute Gasteiger partial charge is 0.410 e. The zero-order valence-electron chi connectivity index (χ0n) is 13.0. The Kier molecular flexibility index (Phi) is 5.36. The molecule has 1 aliphatic heterocycles. The number of carbonyl (C=O) groups excluding carboxylic acids is 1. The summed E-state index contributed by atoms with van der Waals surface area (Å²) >= 11 is 6.57. The van der Waals surface area contributed by atoms with E-state index in [0.29, 0.717) is 21.2 Å². The molecule has 1 aliphatic rings. The molecule has 9 heteroatoms. The van der Waals surface area contributed by atoms with Crippen molar-refractivity contribution in [2.24, 2.45) is 0 Å². The molecule has 126 valence electrons.